The van der Waals surface area contributed by atoms with E-state index < -0.39 is 72.2 Å². The van der Waals surface area contributed by atoms with Gasteiger partial charge in [-0.15, -0.1) is 0 Å². The molecule has 2 saturated heterocycles. The number of esters is 3. The Morgan fingerprint density at radius 1 is 1.03 bits per heavy atom. The molecular formula is C19H20F6O7. The molecule has 4 aliphatic rings. The van der Waals surface area contributed by atoms with Crippen LogP contribution in [0.5, 0.6) is 0 Å². The number of fused-ring (bicyclic) bond motifs is 1. The third-order valence-corrected chi connectivity index (χ3v) is 6.71. The number of hydrogen-bond acceptors (Lipinski definition) is 7. The van der Waals surface area contributed by atoms with Crippen LogP contribution in [-0.4, -0.2) is 61.8 Å². The average molecular weight is 474 g/mol. The third kappa shape index (κ3) is 4.15. The molecule has 4 rings (SSSR count). The van der Waals surface area contributed by atoms with E-state index in [0.29, 0.717) is 26.1 Å². The highest BCUT2D eigenvalue weighted by Crippen LogP contribution is 2.59. The van der Waals surface area contributed by atoms with Crippen LogP contribution in [0.3, 0.4) is 0 Å². The minimum absolute atomic E-state index is 0.00816. The molecule has 7 nitrogen and oxygen atoms in total. The molecule has 0 amide bonds. The van der Waals surface area contributed by atoms with Crippen LogP contribution in [-0.2, 0) is 33.3 Å². The lowest BCUT2D eigenvalue weighted by molar-refractivity contribution is -0.315. The zero-order valence-corrected chi connectivity index (χ0v) is 16.5. The van der Waals surface area contributed by atoms with Crippen molar-refractivity contribution in [1.29, 1.82) is 0 Å². The molecule has 6 atom stereocenters. The van der Waals surface area contributed by atoms with E-state index in [1.54, 1.807) is 0 Å². The van der Waals surface area contributed by atoms with E-state index in [-0.39, 0.29) is 18.8 Å². The number of ether oxygens (including phenoxy) is 4. The number of halogens is 6. The third-order valence-electron chi connectivity index (χ3n) is 6.71. The van der Waals surface area contributed by atoms with Crippen LogP contribution < -0.4 is 0 Å². The van der Waals surface area contributed by atoms with Gasteiger partial charge in [0.2, 0.25) is 0 Å². The van der Waals surface area contributed by atoms with Gasteiger partial charge in [0.25, 0.3) is 6.10 Å². The average Bonchev–Trinajstić information content (AvgIpc) is 3.28. The highest BCUT2D eigenvalue weighted by atomic mass is 19.4. The van der Waals surface area contributed by atoms with Crippen LogP contribution in [0.1, 0.15) is 25.7 Å². The predicted octanol–water partition coefficient (Wildman–Crippen LogP) is 2.56. The summed E-state index contributed by atoms with van der Waals surface area (Å²) in [4.78, 5) is 37.0. The number of alkyl halides is 6. The number of hydrogen-bond donors (Lipinski definition) is 0. The summed E-state index contributed by atoms with van der Waals surface area (Å²) in [7, 11) is 0. The normalized spacial score (nSPS) is 34.7. The SMILES string of the molecule is O=C(CC1CCOCC1)OC1C2CC3C1OC(=O)C3C2C(=O)OC(C(F)(F)F)C(F)(F)F. The molecule has 180 valence electrons. The maximum absolute atomic E-state index is 12.8. The van der Waals surface area contributed by atoms with Crippen molar-refractivity contribution in [3.05, 3.63) is 0 Å². The summed E-state index contributed by atoms with van der Waals surface area (Å²) < 4.78 is 96.6. The zero-order chi connectivity index (χ0) is 23.4. The van der Waals surface area contributed by atoms with Gasteiger partial charge in [0.15, 0.2) is 0 Å². The molecule has 13 heteroatoms. The molecule has 0 N–H and O–H groups in total. The number of carbonyl (C=O) groups is 3. The Bertz CT molecular complexity index is 761. The lowest BCUT2D eigenvalue weighted by Crippen LogP contribution is -2.49. The van der Waals surface area contributed by atoms with Crippen LogP contribution in [0.15, 0.2) is 0 Å². The first-order chi connectivity index (χ1) is 14.9. The Morgan fingerprint density at radius 3 is 2.25 bits per heavy atom. The quantitative estimate of drug-likeness (QED) is 0.344. The number of carbonyl (C=O) groups excluding carboxylic acids is 3. The summed E-state index contributed by atoms with van der Waals surface area (Å²) in [6, 6.07) is 0. The van der Waals surface area contributed by atoms with Crippen LogP contribution in [0.2, 0.25) is 0 Å². The molecule has 2 aliphatic carbocycles. The molecule has 0 aromatic rings. The summed E-state index contributed by atoms with van der Waals surface area (Å²) in [6.07, 6.45) is -16.7. The van der Waals surface area contributed by atoms with Gasteiger partial charge in [-0.05, 0) is 25.2 Å². The monoisotopic (exact) mass is 474 g/mol. The van der Waals surface area contributed by atoms with Crippen molar-refractivity contribution in [2.75, 3.05) is 13.2 Å². The van der Waals surface area contributed by atoms with Crippen molar-refractivity contribution in [2.24, 2.45) is 29.6 Å². The summed E-state index contributed by atoms with van der Waals surface area (Å²) >= 11 is 0. The van der Waals surface area contributed by atoms with Gasteiger partial charge in [-0.2, -0.15) is 26.3 Å². The highest BCUT2D eigenvalue weighted by Gasteiger charge is 2.71. The van der Waals surface area contributed by atoms with Crippen molar-refractivity contribution in [1.82, 2.24) is 0 Å². The topological polar surface area (TPSA) is 88.1 Å². The fourth-order valence-corrected chi connectivity index (χ4v) is 5.37. The minimum atomic E-state index is -5.88. The van der Waals surface area contributed by atoms with E-state index in [0.717, 1.165) is 0 Å². The molecule has 2 aliphatic heterocycles. The molecule has 4 fully saturated rings. The van der Waals surface area contributed by atoms with Crippen molar-refractivity contribution in [3.8, 4) is 0 Å². The maximum Gasteiger partial charge on any atom is 0.434 e. The van der Waals surface area contributed by atoms with Gasteiger partial charge in [-0.25, -0.2) is 0 Å². The van der Waals surface area contributed by atoms with Crippen LogP contribution in [0.4, 0.5) is 26.3 Å². The van der Waals surface area contributed by atoms with E-state index in [4.69, 9.17) is 14.2 Å². The second-order valence-corrected chi connectivity index (χ2v) is 8.63. The zero-order valence-electron chi connectivity index (χ0n) is 16.5. The molecule has 6 unspecified atom stereocenters. The van der Waals surface area contributed by atoms with Gasteiger partial charge >= 0.3 is 30.3 Å². The summed E-state index contributed by atoms with van der Waals surface area (Å²) in [6.45, 7) is 0.975. The van der Waals surface area contributed by atoms with Gasteiger partial charge in [0, 0.05) is 31.5 Å². The first kappa shape index (κ1) is 23.1. The van der Waals surface area contributed by atoms with Crippen LogP contribution in [0.25, 0.3) is 0 Å². The lowest BCUT2D eigenvalue weighted by Gasteiger charge is -2.32. The highest BCUT2D eigenvalue weighted by molar-refractivity contribution is 5.86. The summed E-state index contributed by atoms with van der Waals surface area (Å²) in [5.74, 6) is -7.77. The van der Waals surface area contributed by atoms with Gasteiger partial charge in [0.1, 0.15) is 12.2 Å². The van der Waals surface area contributed by atoms with Gasteiger partial charge in [0.05, 0.1) is 11.8 Å². The molecule has 0 radical (unpaired) electrons. The fraction of sp³-hybridized carbons (Fsp3) is 0.842. The first-order valence-corrected chi connectivity index (χ1v) is 10.2. The van der Waals surface area contributed by atoms with E-state index in [2.05, 4.69) is 4.74 Å². The molecule has 0 aromatic carbocycles. The lowest BCUT2D eigenvalue weighted by atomic mass is 9.78. The van der Waals surface area contributed by atoms with Crippen molar-refractivity contribution < 1.29 is 59.7 Å². The molecule has 0 spiro atoms. The number of rotatable bonds is 5. The van der Waals surface area contributed by atoms with Gasteiger partial charge < -0.3 is 18.9 Å². The van der Waals surface area contributed by atoms with Gasteiger partial charge in [-0.1, -0.05) is 0 Å². The van der Waals surface area contributed by atoms with Crippen molar-refractivity contribution in [3.63, 3.8) is 0 Å². The molecular weight excluding hydrogens is 454 g/mol. The Kier molecular flexibility index (Phi) is 5.83. The van der Waals surface area contributed by atoms with E-state index in [1.807, 2.05) is 0 Å². The Morgan fingerprint density at radius 2 is 1.66 bits per heavy atom. The molecule has 2 saturated carbocycles. The second-order valence-electron chi connectivity index (χ2n) is 8.63. The van der Waals surface area contributed by atoms with E-state index in [9.17, 15) is 40.7 Å². The molecule has 2 bridgehead atoms. The molecule has 2 heterocycles. The fourth-order valence-electron chi connectivity index (χ4n) is 5.37. The summed E-state index contributed by atoms with van der Waals surface area (Å²) in [5, 5.41) is 0. The van der Waals surface area contributed by atoms with E-state index >= 15 is 0 Å². The van der Waals surface area contributed by atoms with Crippen molar-refractivity contribution >= 4 is 17.9 Å². The standard InChI is InChI=1S/C19H20F6O7/c20-18(21,22)17(19(23,24)25)32-16(28)12-8-6-9-11(12)15(27)31-14(9)13(8)30-10(26)5-7-1-3-29-4-2-7/h7-9,11-14,17H,1-6H2. The van der Waals surface area contributed by atoms with E-state index in [1.165, 1.54) is 0 Å². The first-order valence-electron chi connectivity index (χ1n) is 10.2. The Balaban J connectivity index is 1.48. The van der Waals surface area contributed by atoms with Crippen LogP contribution in [0, 0.1) is 29.6 Å². The second kappa shape index (κ2) is 8.07. The molecule has 0 aromatic heterocycles. The van der Waals surface area contributed by atoms with Crippen LogP contribution >= 0.6 is 0 Å². The Hall–Kier alpha value is -2.05. The largest absolute Gasteiger partial charge is 0.458 e. The maximum atomic E-state index is 12.8. The summed E-state index contributed by atoms with van der Waals surface area (Å²) in [5.41, 5.74) is 0. The molecule has 32 heavy (non-hydrogen) atoms. The Labute approximate surface area is 177 Å². The van der Waals surface area contributed by atoms with Crippen molar-refractivity contribution in [2.45, 2.75) is 56.3 Å². The minimum Gasteiger partial charge on any atom is -0.458 e. The predicted molar refractivity (Wildman–Crippen MR) is 88.5 cm³/mol. The smallest absolute Gasteiger partial charge is 0.434 e. The van der Waals surface area contributed by atoms with Gasteiger partial charge in [-0.3, -0.25) is 14.4 Å².